The van der Waals surface area contributed by atoms with Crippen LogP contribution in [-0.2, 0) is 31.1 Å². The van der Waals surface area contributed by atoms with Crippen molar-refractivity contribution >= 4 is 5.91 Å². The molecule has 210 valence electrons. The lowest BCUT2D eigenvalue weighted by atomic mass is 9.81. The van der Waals surface area contributed by atoms with Gasteiger partial charge in [0.2, 0.25) is 17.7 Å². The van der Waals surface area contributed by atoms with Crippen LogP contribution in [0.1, 0.15) is 55.8 Å². The fourth-order valence-electron chi connectivity index (χ4n) is 5.11. The van der Waals surface area contributed by atoms with Crippen molar-refractivity contribution in [3.63, 3.8) is 0 Å². The highest BCUT2D eigenvalue weighted by Crippen LogP contribution is 2.35. The summed E-state index contributed by atoms with van der Waals surface area (Å²) in [6.45, 7) is 2.87. The van der Waals surface area contributed by atoms with Crippen molar-refractivity contribution in [2.45, 2.75) is 82.3 Å². The van der Waals surface area contributed by atoms with Crippen LogP contribution >= 0.6 is 0 Å². The molecule has 0 radical (unpaired) electrons. The molecule has 12 heteroatoms. The minimum atomic E-state index is -4.46. The van der Waals surface area contributed by atoms with Crippen LogP contribution in [0, 0.1) is 5.95 Å². The molecule has 1 aliphatic carbocycles. The predicted octanol–water partition coefficient (Wildman–Crippen LogP) is 4.08. The SMILES string of the molecule is C[C@@H](Oc1ccc2c(n1)CCN(CC[C@]1(F)CC[C@@H](NC(=O)Cc3cn(C)nc3F)CC1)CC2)C(F)(F)F. The van der Waals surface area contributed by atoms with Gasteiger partial charge >= 0.3 is 6.18 Å². The van der Waals surface area contributed by atoms with Gasteiger partial charge in [-0.1, -0.05) is 6.07 Å². The summed E-state index contributed by atoms with van der Waals surface area (Å²) in [4.78, 5) is 18.8. The molecular formula is C26H34F5N5O2. The third-order valence-corrected chi connectivity index (χ3v) is 7.49. The van der Waals surface area contributed by atoms with Crippen LogP contribution in [0.3, 0.4) is 0 Å². The lowest BCUT2D eigenvalue weighted by molar-refractivity contribution is -0.190. The molecule has 1 atom stereocenters. The van der Waals surface area contributed by atoms with Gasteiger partial charge in [0.15, 0.2) is 6.10 Å². The number of amides is 1. The summed E-state index contributed by atoms with van der Waals surface area (Å²) in [5.74, 6) is -1.00. The Morgan fingerprint density at radius 1 is 1.24 bits per heavy atom. The number of hydrogen-bond donors (Lipinski definition) is 1. The summed E-state index contributed by atoms with van der Waals surface area (Å²) in [7, 11) is 1.59. The first kappa shape index (κ1) is 28.3. The second-order valence-electron chi connectivity index (χ2n) is 10.4. The molecule has 0 spiro atoms. The Labute approximate surface area is 218 Å². The Kier molecular flexibility index (Phi) is 8.59. The topological polar surface area (TPSA) is 72.3 Å². The van der Waals surface area contributed by atoms with E-state index < -0.39 is 23.9 Å². The Morgan fingerprint density at radius 2 is 1.95 bits per heavy atom. The molecule has 2 aromatic heterocycles. The molecule has 0 bridgehead atoms. The Morgan fingerprint density at radius 3 is 2.61 bits per heavy atom. The molecule has 0 aromatic carbocycles. The summed E-state index contributed by atoms with van der Waals surface area (Å²) < 4.78 is 74.0. The smallest absolute Gasteiger partial charge is 0.425 e. The Bertz CT molecular complexity index is 1110. The number of ether oxygens (including phenoxy) is 1. The van der Waals surface area contributed by atoms with E-state index >= 15 is 4.39 Å². The van der Waals surface area contributed by atoms with Crippen LogP contribution in [0.15, 0.2) is 18.3 Å². The molecule has 0 saturated heterocycles. The molecule has 0 unspecified atom stereocenters. The first-order chi connectivity index (χ1) is 17.9. The number of aryl methyl sites for hydroxylation is 1. The van der Waals surface area contributed by atoms with Gasteiger partial charge in [-0.25, -0.2) is 9.37 Å². The number of hydrogen-bond acceptors (Lipinski definition) is 5. The van der Waals surface area contributed by atoms with Gasteiger partial charge in [0, 0.05) is 62.7 Å². The van der Waals surface area contributed by atoms with Crippen molar-refractivity contribution in [1.29, 1.82) is 0 Å². The lowest BCUT2D eigenvalue weighted by Gasteiger charge is -2.35. The fourth-order valence-corrected chi connectivity index (χ4v) is 5.11. The predicted molar refractivity (Wildman–Crippen MR) is 130 cm³/mol. The van der Waals surface area contributed by atoms with E-state index in [0.29, 0.717) is 64.6 Å². The van der Waals surface area contributed by atoms with Crippen molar-refractivity contribution in [2.75, 3.05) is 19.6 Å². The van der Waals surface area contributed by atoms with Crippen LogP contribution in [0.5, 0.6) is 5.88 Å². The average molecular weight is 544 g/mol. The number of rotatable bonds is 8. The van der Waals surface area contributed by atoms with Crippen LogP contribution in [-0.4, -0.2) is 69.2 Å². The fraction of sp³-hybridized carbons (Fsp3) is 0.654. The van der Waals surface area contributed by atoms with E-state index in [4.69, 9.17) is 4.74 Å². The number of aromatic nitrogens is 3. The van der Waals surface area contributed by atoms with E-state index in [0.717, 1.165) is 18.2 Å². The maximum absolute atomic E-state index is 15.6. The second-order valence-corrected chi connectivity index (χ2v) is 10.4. The number of halogens is 5. The van der Waals surface area contributed by atoms with Gasteiger partial charge in [-0.15, -0.1) is 5.10 Å². The standard InChI is InChI=1S/C26H34F5N5O2/c1-17(26(29,30)31)38-23-4-3-18-7-12-36(13-8-21(18)33-23)14-11-25(28)9-5-20(6-10-25)32-22(37)15-19-16-35(2)34-24(19)27/h3-4,16-17,20H,5-15H2,1-2H3,(H,32,37)/t17-,20-,25+/m1/s1. The molecule has 1 saturated carbocycles. The zero-order valence-corrected chi connectivity index (χ0v) is 21.7. The summed E-state index contributed by atoms with van der Waals surface area (Å²) in [6.07, 6.45) is -1.70. The summed E-state index contributed by atoms with van der Waals surface area (Å²) in [5, 5.41) is 6.49. The van der Waals surface area contributed by atoms with Gasteiger partial charge < -0.3 is 15.0 Å². The Hall–Kier alpha value is -2.76. The van der Waals surface area contributed by atoms with Gasteiger partial charge in [0.1, 0.15) is 5.67 Å². The minimum absolute atomic E-state index is 0.0424. The number of alkyl halides is 4. The summed E-state index contributed by atoms with van der Waals surface area (Å²) in [6, 6.07) is 3.10. The third-order valence-electron chi connectivity index (χ3n) is 7.49. The summed E-state index contributed by atoms with van der Waals surface area (Å²) >= 11 is 0. The van der Waals surface area contributed by atoms with E-state index in [1.54, 1.807) is 13.1 Å². The van der Waals surface area contributed by atoms with Crippen molar-refractivity contribution in [3.05, 3.63) is 41.1 Å². The minimum Gasteiger partial charge on any atom is -0.465 e. The molecule has 1 N–H and O–H groups in total. The first-order valence-electron chi connectivity index (χ1n) is 13.0. The van der Waals surface area contributed by atoms with Crippen LogP contribution in [0.4, 0.5) is 22.0 Å². The number of carbonyl (C=O) groups excluding carboxylic acids is 1. The summed E-state index contributed by atoms with van der Waals surface area (Å²) in [5.41, 5.74) is 0.603. The van der Waals surface area contributed by atoms with E-state index in [2.05, 4.69) is 20.3 Å². The zero-order valence-electron chi connectivity index (χ0n) is 21.7. The van der Waals surface area contributed by atoms with Gasteiger partial charge in [0.25, 0.3) is 0 Å². The maximum Gasteiger partial charge on any atom is 0.425 e. The lowest BCUT2D eigenvalue weighted by Crippen LogP contribution is -2.43. The van der Waals surface area contributed by atoms with Crippen LogP contribution < -0.4 is 10.1 Å². The van der Waals surface area contributed by atoms with Gasteiger partial charge in [0.05, 0.1) is 6.42 Å². The van der Waals surface area contributed by atoms with Crippen molar-refractivity contribution in [1.82, 2.24) is 25.0 Å². The van der Waals surface area contributed by atoms with E-state index in [-0.39, 0.29) is 29.8 Å². The molecule has 1 fully saturated rings. The van der Waals surface area contributed by atoms with E-state index in [1.807, 2.05) is 0 Å². The highest BCUT2D eigenvalue weighted by Gasteiger charge is 2.39. The second kappa shape index (κ2) is 11.5. The average Bonchev–Trinajstić information content (AvgIpc) is 3.03. The third kappa shape index (κ3) is 7.42. The van der Waals surface area contributed by atoms with Crippen molar-refractivity contribution in [2.24, 2.45) is 7.05 Å². The van der Waals surface area contributed by atoms with Gasteiger partial charge in [-0.2, -0.15) is 17.6 Å². The van der Waals surface area contributed by atoms with Gasteiger partial charge in [-0.05, 0) is 51.0 Å². The number of carbonyl (C=O) groups is 1. The molecule has 1 amide bonds. The molecular weight excluding hydrogens is 509 g/mol. The van der Waals surface area contributed by atoms with E-state index in [1.165, 1.54) is 16.9 Å². The largest absolute Gasteiger partial charge is 0.465 e. The van der Waals surface area contributed by atoms with Crippen molar-refractivity contribution < 1.29 is 31.5 Å². The van der Waals surface area contributed by atoms with E-state index in [9.17, 15) is 22.4 Å². The molecule has 2 aliphatic rings. The maximum atomic E-state index is 15.6. The molecule has 4 rings (SSSR count). The molecule has 2 aromatic rings. The number of nitrogens with one attached hydrogen (secondary N) is 1. The molecule has 3 heterocycles. The highest BCUT2D eigenvalue weighted by molar-refractivity contribution is 5.78. The first-order valence-corrected chi connectivity index (χ1v) is 13.0. The number of nitrogens with zero attached hydrogens (tertiary/aromatic N) is 4. The van der Waals surface area contributed by atoms with Crippen LogP contribution in [0.2, 0.25) is 0 Å². The quantitative estimate of drug-likeness (QED) is 0.508. The molecule has 38 heavy (non-hydrogen) atoms. The normalized spacial score (nSPS) is 23.4. The monoisotopic (exact) mass is 543 g/mol. The number of pyridine rings is 1. The Balaban J connectivity index is 1.21. The number of fused-ring (bicyclic) bond motifs is 1. The highest BCUT2D eigenvalue weighted by atomic mass is 19.4. The van der Waals surface area contributed by atoms with Gasteiger partial charge in [-0.3, -0.25) is 9.48 Å². The molecule has 1 aliphatic heterocycles. The van der Waals surface area contributed by atoms with Crippen molar-refractivity contribution in [3.8, 4) is 5.88 Å². The zero-order chi connectivity index (χ0) is 27.5. The molecule has 7 nitrogen and oxygen atoms in total. The van der Waals surface area contributed by atoms with Crippen LogP contribution in [0.25, 0.3) is 0 Å².